The van der Waals surface area contributed by atoms with Crippen LogP contribution in [0.1, 0.15) is 118 Å². The molecule has 0 unspecified atom stereocenters. The van der Waals surface area contributed by atoms with Gasteiger partial charge in [-0.2, -0.15) is 0 Å². The van der Waals surface area contributed by atoms with Crippen LogP contribution in [0.5, 0.6) is 11.5 Å². The number of aliphatic hydroxyl groups excluding tert-OH is 2. The maximum absolute atomic E-state index is 15.0. The fourth-order valence-electron chi connectivity index (χ4n) is 8.07. The third kappa shape index (κ3) is 9.73. The van der Waals surface area contributed by atoms with Gasteiger partial charge in [0.2, 0.25) is 0 Å². The molecule has 54 heavy (non-hydrogen) atoms. The largest absolute Gasteiger partial charge is 0.487 e. The number of halogens is 2. The molecule has 2 aliphatic rings. The van der Waals surface area contributed by atoms with Gasteiger partial charge in [0.05, 0.1) is 36.5 Å². The molecule has 0 heterocycles. The highest BCUT2D eigenvalue weighted by Crippen LogP contribution is 2.41. The maximum atomic E-state index is 15.0. The molecule has 0 aromatic heterocycles. The van der Waals surface area contributed by atoms with E-state index in [-0.39, 0.29) is 37.1 Å². The topological polar surface area (TPSA) is 111 Å². The Labute approximate surface area is 321 Å². The molecule has 0 aliphatic heterocycles. The number of ether oxygens (including phenoxy) is 2. The van der Waals surface area contributed by atoms with E-state index >= 15 is 0 Å². The summed E-state index contributed by atoms with van der Waals surface area (Å²) in [5, 5.41) is 21.5. The molecule has 296 valence electrons. The predicted octanol–water partition coefficient (Wildman–Crippen LogP) is 10.3. The van der Waals surface area contributed by atoms with Crippen LogP contribution in [0.25, 0.3) is 21.5 Å². The lowest BCUT2D eigenvalue weighted by atomic mass is 9.72. The van der Waals surface area contributed by atoms with E-state index in [2.05, 4.69) is 41.5 Å². The van der Waals surface area contributed by atoms with Crippen LogP contribution in [0, 0.1) is 34.3 Å². The van der Waals surface area contributed by atoms with Gasteiger partial charge < -0.3 is 31.2 Å². The van der Waals surface area contributed by atoms with E-state index in [0.717, 1.165) is 73.3 Å². The fourth-order valence-corrected chi connectivity index (χ4v) is 8.07. The Kier molecular flexibility index (Phi) is 12.7. The van der Waals surface area contributed by atoms with E-state index in [4.69, 9.17) is 20.9 Å². The van der Waals surface area contributed by atoms with Gasteiger partial charge in [0, 0.05) is 10.8 Å². The number of hydrogen-bond acceptors (Lipinski definition) is 6. The summed E-state index contributed by atoms with van der Waals surface area (Å²) in [4.78, 5) is 0. The molecule has 4 aromatic carbocycles. The highest BCUT2D eigenvalue weighted by Gasteiger charge is 2.32. The molecule has 2 saturated carbocycles. The van der Waals surface area contributed by atoms with Crippen LogP contribution in [0.4, 0.5) is 8.78 Å². The second kappa shape index (κ2) is 16.4. The molecule has 0 spiro atoms. The van der Waals surface area contributed by atoms with E-state index in [9.17, 15) is 19.0 Å². The maximum Gasteiger partial charge on any atom is 0.172 e. The van der Waals surface area contributed by atoms with Gasteiger partial charge in [-0.25, -0.2) is 8.78 Å². The van der Waals surface area contributed by atoms with Gasteiger partial charge in [-0.3, -0.25) is 0 Å². The fraction of sp³-hybridized carbons (Fsp3) is 0.565. The summed E-state index contributed by atoms with van der Waals surface area (Å²) >= 11 is 0. The van der Waals surface area contributed by atoms with Crippen LogP contribution in [-0.2, 0) is 11.1 Å². The molecule has 6 nitrogen and oxygen atoms in total. The first-order valence-corrected chi connectivity index (χ1v) is 19.8. The van der Waals surface area contributed by atoms with Gasteiger partial charge in [0.1, 0.15) is 0 Å². The zero-order valence-corrected chi connectivity index (χ0v) is 33.8. The average Bonchev–Trinajstić information content (AvgIpc) is 3.13. The van der Waals surface area contributed by atoms with Crippen molar-refractivity contribution in [2.45, 2.75) is 130 Å². The van der Waals surface area contributed by atoms with Crippen molar-refractivity contribution < 1.29 is 28.5 Å². The summed E-state index contributed by atoms with van der Waals surface area (Å²) in [6, 6.07) is 17.8. The number of fused-ring (bicyclic) bond motifs is 2. The third-order valence-electron chi connectivity index (χ3n) is 12.2. The van der Waals surface area contributed by atoms with E-state index in [1.807, 2.05) is 24.3 Å². The van der Waals surface area contributed by atoms with Crippen molar-refractivity contribution in [3.05, 3.63) is 83.4 Å². The minimum absolute atomic E-state index is 0.0801. The summed E-state index contributed by atoms with van der Waals surface area (Å²) in [5.41, 5.74) is 12.7. The van der Waals surface area contributed by atoms with Gasteiger partial charge >= 0.3 is 0 Å². The summed E-state index contributed by atoms with van der Waals surface area (Å²) in [6.07, 6.45) is 8.56. The summed E-state index contributed by atoms with van der Waals surface area (Å²) in [7, 11) is 0. The number of nitrogens with two attached hydrogens (primary N) is 2. The van der Waals surface area contributed by atoms with Gasteiger partial charge in [-0.1, -0.05) is 77.9 Å². The second-order valence-electron chi connectivity index (χ2n) is 18.7. The summed E-state index contributed by atoms with van der Waals surface area (Å²) in [5.74, 6) is 1.42. The van der Waals surface area contributed by atoms with Crippen LogP contribution in [0.2, 0.25) is 0 Å². The molecular weight excluding hydrogens is 683 g/mol. The Bertz CT molecular complexity index is 1740. The zero-order valence-electron chi connectivity index (χ0n) is 33.8. The van der Waals surface area contributed by atoms with Crippen LogP contribution in [0.15, 0.2) is 60.7 Å². The summed E-state index contributed by atoms with van der Waals surface area (Å²) < 4.78 is 42.1. The van der Waals surface area contributed by atoms with Crippen LogP contribution in [-0.4, -0.2) is 35.6 Å². The van der Waals surface area contributed by atoms with E-state index in [1.165, 1.54) is 0 Å². The van der Waals surface area contributed by atoms with Crippen LogP contribution >= 0.6 is 0 Å². The second-order valence-corrected chi connectivity index (χ2v) is 18.7. The van der Waals surface area contributed by atoms with Gasteiger partial charge in [0.25, 0.3) is 0 Å². The van der Waals surface area contributed by atoms with E-state index < -0.39 is 11.1 Å². The molecule has 0 bridgehead atoms. The predicted molar refractivity (Wildman–Crippen MR) is 217 cm³/mol. The first kappa shape index (κ1) is 41.9. The molecule has 2 fully saturated rings. The number of aliphatic hydroxyl groups is 2. The molecule has 2 atom stereocenters. The molecule has 2 aliphatic carbocycles. The van der Waals surface area contributed by atoms with Gasteiger partial charge in [0.15, 0.2) is 23.1 Å². The number of benzene rings is 4. The third-order valence-corrected chi connectivity index (χ3v) is 12.2. The minimum Gasteiger partial charge on any atom is -0.487 e. The Balaban J connectivity index is 0.000000208. The number of hydrogen-bond donors (Lipinski definition) is 4. The molecule has 0 amide bonds. The molecule has 4 aromatic rings. The number of rotatable bonds is 8. The van der Waals surface area contributed by atoms with Crippen molar-refractivity contribution in [2.24, 2.45) is 34.1 Å². The van der Waals surface area contributed by atoms with Crippen LogP contribution in [0.3, 0.4) is 0 Å². The SMILES string of the molecule is CC(C)(C)C1CCC(Oc2ccc3cc([C@@](C)(N)CO)ccc3c2F)CC1.CC(C)(C)C1CCC(Oc2ccc3cc([C@@](C)(N)CO)ccc3c2F)CC1. The molecule has 6 rings (SSSR count). The molecule has 0 radical (unpaired) electrons. The Morgan fingerprint density at radius 2 is 0.870 bits per heavy atom. The lowest BCUT2D eigenvalue weighted by Crippen LogP contribution is -2.36. The highest BCUT2D eigenvalue weighted by atomic mass is 19.1. The van der Waals surface area contributed by atoms with Crippen molar-refractivity contribution in [3.8, 4) is 11.5 Å². The van der Waals surface area contributed by atoms with Crippen molar-refractivity contribution in [2.75, 3.05) is 13.2 Å². The Hall–Kier alpha value is -3.30. The first-order valence-electron chi connectivity index (χ1n) is 19.8. The Morgan fingerprint density at radius 3 is 1.17 bits per heavy atom. The lowest BCUT2D eigenvalue weighted by molar-refractivity contribution is 0.0855. The molecule has 8 heteroatoms. The van der Waals surface area contributed by atoms with Gasteiger partial charge in [-0.15, -0.1) is 0 Å². The highest BCUT2D eigenvalue weighted by molar-refractivity contribution is 5.86. The van der Waals surface area contributed by atoms with Crippen molar-refractivity contribution in [3.63, 3.8) is 0 Å². The minimum atomic E-state index is -0.842. The van der Waals surface area contributed by atoms with Crippen molar-refractivity contribution in [1.82, 2.24) is 0 Å². The van der Waals surface area contributed by atoms with Crippen molar-refractivity contribution in [1.29, 1.82) is 0 Å². The normalized spacial score (nSPS) is 23.2. The molecule has 6 N–H and O–H groups in total. The monoisotopic (exact) mass is 746 g/mol. The first-order chi connectivity index (χ1) is 25.2. The van der Waals surface area contributed by atoms with E-state index in [0.29, 0.717) is 44.9 Å². The van der Waals surface area contributed by atoms with Crippen molar-refractivity contribution >= 4 is 21.5 Å². The quantitative estimate of drug-likeness (QED) is 0.143. The molecule has 0 saturated heterocycles. The summed E-state index contributed by atoms with van der Waals surface area (Å²) in [6.45, 7) is 16.9. The molecular formula is C46H64F2N2O4. The lowest BCUT2D eigenvalue weighted by Gasteiger charge is -2.37. The smallest absolute Gasteiger partial charge is 0.172 e. The van der Waals surface area contributed by atoms with Gasteiger partial charge in [-0.05, 0) is 134 Å². The average molecular weight is 747 g/mol. The van der Waals surface area contributed by atoms with Crippen LogP contribution < -0.4 is 20.9 Å². The standard InChI is InChI=1S/2C23H32FNO2/c2*1-22(2,3)16-6-9-18(10-7-16)27-20-12-5-15-13-17(23(4,25)14-26)8-11-19(15)21(20)24/h2*5,8,11-13,16,18,26H,6-7,9-10,14,25H2,1-4H3/t2*16?,18?,23-/m00/s1. The Morgan fingerprint density at radius 1 is 0.537 bits per heavy atom. The van der Waals surface area contributed by atoms with E-state index in [1.54, 1.807) is 50.2 Å². The zero-order chi connectivity index (χ0) is 39.6.